The predicted molar refractivity (Wildman–Crippen MR) is 118 cm³/mol. The molecule has 170 valence electrons. The predicted octanol–water partition coefficient (Wildman–Crippen LogP) is 0.989. The van der Waals surface area contributed by atoms with Gasteiger partial charge in [0, 0.05) is 70.2 Å². The zero-order valence-electron chi connectivity index (χ0n) is 18.7. The molecule has 2 aromatic rings. The van der Waals surface area contributed by atoms with E-state index in [1.54, 1.807) is 10.8 Å². The third-order valence-electron chi connectivity index (χ3n) is 5.70. The van der Waals surface area contributed by atoms with Gasteiger partial charge in [-0.15, -0.1) is 0 Å². The van der Waals surface area contributed by atoms with Crippen LogP contribution in [0.5, 0.6) is 0 Å². The Morgan fingerprint density at radius 3 is 2.26 bits per heavy atom. The Morgan fingerprint density at radius 2 is 1.65 bits per heavy atom. The Hall–Kier alpha value is -2.24. The minimum Gasteiger partial charge on any atom is -0.378 e. The second-order valence-corrected chi connectivity index (χ2v) is 10.2. The molecule has 4 rings (SSSR count). The van der Waals surface area contributed by atoms with E-state index in [0.29, 0.717) is 45.3 Å². The molecular formula is C20H31N7O3S. The van der Waals surface area contributed by atoms with Crippen LogP contribution in [0.2, 0.25) is 0 Å². The van der Waals surface area contributed by atoms with Crippen LogP contribution < -0.4 is 9.80 Å². The van der Waals surface area contributed by atoms with Crippen LogP contribution in [0.4, 0.5) is 11.8 Å². The molecule has 0 aliphatic carbocycles. The minimum atomic E-state index is -3.62. The fourth-order valence-corrected chi connectivity index (χ4v) is 5.42. The van der Waals surface area contributed by atoms with Crippen molar-refractivity contribution < 1.29 is 13.2 Å². The van der Waals surface area contributed by atoms with Crippen LogP contribution >= 0.6 is 0 Å². The minimum absolute atomic E-state index is 0.119. The Labute approximate surface area is 183 Å². The first-order valence-electron chi connectivity index (χ1n) is 10.7. The summed E-state index contributed by atoms with van der Waals surface area (Å²) >= 11 is 0. The average molecular weight is 450 g/mol. The van der Waals surface area contributed by atoms with E-state index < -0.39 is 10.0 Å². The molecule has 0 bridgehead atoms. The maximum Gasteiger partial charge on any atom is 0.262 e. The van der Waals surface area contributed by atoms with Crippen LogP contribution in [0, 0.1) is 6.92 Å². The van der Waals surface area contributed by atoms with E-state index in [2.05, 4.69) is 19.8 Å². The van der Waals surface area contributed by atoms with Gasteiger partial charge in [0.05, 0.1) is 13.2 Å². The Bertz CT molecular complexity index is 1020. The lowest BCUT2D eigenvalue weighted by Gasteiger charge is -2.34. The number of morpholine rings is 1. The van der Waals surface area contributed by atoms with Crippen molar-refractivity contribution in [1.82, 2.24) is 23.8 Å². The van der Waals surface area contributed by atoms with Crippen LogP contribution in [0.25, 0.3) is 0 Å². The van der Waals surface area contributed by atoms with Gasteiger partial charge in [-0.2, -0.15) is 9.29 Å². The number of rotatable bonds is 5. The highest BCUT2D eigenvalue weighted by Crippen LogP contribution is 2.23. The second kappa shape index (κ2) is 8.71. The van der Waals surface area contributed by atoms with Crippen LogP contribution in [0.1, 0.15) is 31.3 Å². The van der Waals surface area contributed by atoms with Gasteiger partial charge < -0.3 is 19.1 Å². The van der Waals surface area contributed by atoms with Gasteiger partial charge in [-0.1, -0.05) is 13.8 Å². The number of aromatic nitrogens is 4. The van der Waals surface area contributed by atoms with Gasteiger partial charge in [-0.25, -0.2) is 18.4 Å². The third kappa shape index (κ3) is 4.53. The van der Waals surface area contributed by atoms with Gasteiger partial charge in [0.25, 0.3) is 10.0 Å². The lowest BCUT2D eigenvalue weighted by molar-refractivity contribution is 0.122. The lowest BCUT2D eigenvalue weighted by atomic mass is 10.2. The summed E-state index contributed by atoms with van der Waals surface area (Å²) in [7, 11) is -1.79. The van der Waals surface area contributed by atoms with Crippen molar-refractivity contribution in [3.63, 3.8) is 0 Å². The summed E-state index contributed by atoms with van der Waals surface area (Å²) in [5, 5.41) is 0.119. The van der Waals surface area contributed by atoms with E-state index in [-0.39, 0.29) is 10.9 Å². The number of aryl methyl sites for hydroxylation is 2. The number of sulfonamides is 1. The Kier molecular flexibility index (Phi) is 6.18. The molecule has 10 nitrogen and oxygen atoms in total. The lowest BCUT2D eigenvalue weighted by Crippen LogP contribution is -2.49. The topological polar surface area (TPSA) is 96.7 Å². The monoisotopic (exact) mass is 449 g/mol. The zero-order chi connectivity index (χ0) is 22.2. The van der Waals surface area contributed by atoms with Gasteiger partial charge in [-0.05, 0) is 6.92 Å². The first-order chi connectivity index (χ1) is 14.8. The molecule has 2 aromatic heterocycles. The normalized spacial score (nSPS) is 18.7. The average Bonchev–Trinajstić information content (AvgIpc) is 3.17. The number of hydrogen-bond donors (Lipinski definition) is 0. The molecule has 2 aliphatic heterocycles. The summed E-state index contributed by atoms with van der Waals surface area (Å²) in [6, 6.07) is 1.99. The molecular weight excluding hydrogens is 418 g/mol. The molecule has 0 saturated carbocycles. The summed E-state index contributed by atoms with van der Waals surface area (Å²) in [4.78, 5) is 18.0. The number of anilines is 2. The maximum absolute atomic E-state index is 13.1. The summed E-state index contributed by atoms with van der Waals surface area (Å²) in [5.74, 6) is 2.47. The molecule has 0 N–H and O–H groups in total. The van der Waals surface area contributed by atoms with E-state index >= 15 is 0 Å². The van der Waals surface area contributed by atoms with E-state index in [4.69, 9.17) is 9.72 Å². The highest BCUT2D eigenvalue weighted by molar-refractivity contribution is 7.89. The standard InChI is InChI=1S/C20H31N7O3S/c1-15(2)19-23-18(14-24(19)4)31(28,29)27-7-5-26(6-8-27)20-21-16(3)13-17(22-20)25-9-11-30-12-10-25/h13-15H,5-12H2,1-4H3. The van der Waals surface area contributed by atoms with Crippen molar-refractivity contribution in [2.45, 2.75) is 31.7 Å². The quantitative estimate of drug-likeness (QED) is 0.667. The fraction of sp³-hybridized carbons (Fsp3) is 0.650. The number of ether oxygens (including phenoxy) is 1. The summed E-state index contributed by atoms with van der Waals surface area (Å²) < 4.78 is 35.0. The number of hydrogen-bond acceptors (Lipinski definition) is 8. The molecule has 0 radical (unpaired) electrons. The first kappa shape index (κ1) is 22.0. The zero-order valence-corrected chi connectivity index (χ0v) is 19.5. The number of nitrogens with zero attached hydrogens (tertiary/aromatic N) is 7. The van der Waals surface area contributed by atoms with Crippen LogP contribution in [-0.2, 0) is 21.8 Å². The van der Waals surface area contributed by atoms with Gasteiger partial charge in [0.15, 0.2) is 5.03 Å². The molecule has 0 aromatic carbocycles. The molecule has 2 saturated heterocycles. The third-order valence-corrected chi connectivity index (χ3v) is 7.47. The van der Waals surface area contributed by atoms with Crippen molar-refractivity contribution in [3.05, 3.63) is 23.8 Å². The SMILES string of the molecule is Cc1cc(N2CCOCC2)nc(N2CCN(S(=O)(=O)c3cn(C)c(C(C)C)n3)CC2)n1. The van der Waals surface area contributed by atoms with Gasteiger partial charge in [0.2, 0.25) is 5.95 Å². The Balaban J connectivity index is 1.47. The largest absolute Gasteiger partial charge is 0.378 e. The summed E-state index contributed by atoms with van der Waals surface area (Å²) in [6.07, 6.45) is 1.61. The van der Waals surface area contributed by atoms with E-state index in [1.165, 1.54) is 4.31 Å². The molecule has 11 heteroatoms. The van der Waals surface area contributed by atoms with E-state index in [0.717, 1.165) is 30.4 Å². The molecule has 2 aliphatic rings. The highest BCUT2D eigenvalue weighted by atomic mass is 32.2. The molecule has 0 atom stereocenters. The van der Waals surface area contributed by atoms with Crippen molar-refractivity contribution in [2.24, 2.45) is 7.05 Å². The van der Waals surface area contributed by atoms with Gasteiger partial charge in [-0.3, -0.25) is 0 Å². The fourth-order valence-electron chi connectivity index (χ4n) is 4.01. The van der Waals surface area contributed by atoms with Crippen molar-refractivity contribution in [3.8, 4) is 0 Å². The molecule has 0 unspecified atom stereocenters. The Morgan fingerprint density at radius 1 is 0.968 bits per heavy atom. The van der Waals surface area contributed by atoms with Crippen LogP contribution in [0.3, 0.4) is 0 Å². The highest BCUT2D eigenvalue weighted by Gasteiger charge is 2.32. The van der Waals surface area contributed by atoms with Gasteiger partial charge >= 0.3 is 0 Å². The molecule has 4 heterocycles. The molecule has 2 fully saturated rings. The van der Waals surface area contributed by atoms with E-state index in [1.807, 2.05) is 33.9 Å². The van der Waals surface area contributed by atoms with Crippen LogP contribution in [-0.4, -0.2) is 84.7 Å². The van der Waals surface area contributed by atoms with Crippen LogP contribution in [0.15, 0.2) is 17.3 Å². The molecule has 0 spiro atoms. The number of imidazole rings is 1. The van der Waals surface area contributed by atoms with Crippen molar-refractivity contribution in [2.75, 3.05) is 62.3 Å². The smallest absolute Gasteiger partial charge is 0.262 e. The van der Waals surface area contributed by atoms with Crippen molar-refractivity contribution in [1.29, 1.82) is 0 Å². The maximum atomic E-state index is 13.1. The number of piperazine rings is 1. The molecule has 31 heavy (non-hydrogen) atoms. The summed E-state index contributed by atoms with van der Waals surface area (Å²) in [5.41, 5.74) is 0.899. The second-order valence-electron chi connectivity index (χ2n) is 8.36. The van der Waals surface area contributed by atoms with Gasteiger partial charge in [0.1, 0.15) is 11.6 Å². The molecule has 0 amide bonds. The summed E-state index contributed by atoms with van der Waals surface area (Å²) in [6.45, 7) is 10.8. The van der Waals surface area contributed by atoms with Crippen molar-refractivity contribution >= 4 is 21.8 Å². The first-order valence-corrected chi connectivity index (χ1v) is 12.2. The van der Waals surface area contributed by atoms with E-state index in [9.17, 15) is 8.42 Å².